The van der Waals surface area contributed by atoms with Gasteiger partial charge in [0.15, 0.2) is 18.7 Å². The highest BCUT2D eigenvalue weighted by molar-refractivity contribution is 5.69. The van der Waals surface area contributed by atoms with E-state index < -0.39 is 0 Å². The summed E-state index contributed by atoms with van der Waals surface area (Å²) in [7, 11) is 1.00. The molecular weight excluding hydrogens is 314 g/mol. The number of aryl methyl sites for hydroxylation is 1. The zero-order chi connectivity index (χ0) is 17.6. The molecule has 0 aromatic carbocycles. The fraction of sp³-hybridized carbons (Fsp3) is 0.500. The second-order valence-electron chi connectivity index (χ2n) is 4.68. The molecule has 0 saturated heterocycles. The molecular formula is C16H24N3O5+. The number of ether oxygens (including phenoxy) is 2. The Morgan fingerprint density at radius 2 is 2.04 bits per heavy atom. The number of hydrogen-bond donors (Lipinski definition) is 1. The van der Waals surface area contributed by atoms with Gasteiger partial charge in [-0.15, -0.1) is 0 Å². The SMILES string of the molecule is CCC[n+]1ccc(OCCC(=O)OCCc2ncno2)cc1.CO. The molecule has 0 saturated carbocycles. The van der Waals surface area contributed by atoms with Crippen LogP contribution in [0.5, 0.6) is 5.75 Å². The highest BCUT2D eigenvalue weighted by Crippen LogP contribution is 2.07. The lowest BCUT2D eigenvalue weighted by molar-refractivity contribution is -0.697. The first-order chi connectivity index (χ1) is 11.8. The van der Waals surface area contributed by atoms with Crippen LogP contribution < -0.4 is 9.30 Å². The van der Waals surface area contributed by atoms with Gasteiger partial charge in [-0.1, -0.05) is 12.1 Å². The maximum atomic E-state index is 11.5. The minimum atomic E-state index is -0.309. The van der Waals surface area contributed by atoms with Crippen LogP contribution in [0.25, 0.3) is 0 Å². The number of carbonyl (C=O) groups is 1. The third-order valence-electron chi connectivity index (χ3n) is 2.90. The quantitative estimate of drug-likeness (QED) is 0.536. The van der Waals surface area contributed by atoms with Crippen LogP contribution in [0.3, 0.4) is 0 Å². The minimum absolute atomic E-state index is 0.202. The second-order valence-corrected chi connectivity index (χ2v) is 4.68. The number of pyridine rings is 1. The van der Waals surface area contributed by atoms with E-state index in [2.05, 4.69) is 21.6 Å². The van der Waals surface area contributed by atoms with Crippen molar-refractivity contribution in [3.63, 3.8) is 0 Å². The van der Waals surface area contributed by atoms with Crippen molar-refractivity contribution < 1.29 is 28.5 Å². The molecule has 0 spiro atoms. The summed E-state index contributed by atoms with van der Waals surface area (Å²) < 4.78 is 17.4. The summed E-state index contributed by atoms with van der Waals surface area (Å²) in [5, 5.41) is 10.5. The van der Waals surface area contributed by atoms with E-state index in [1.165, 1.54) is 6.33 Å². The van der Waals surface area contributed by atoms with E-state index in [1.807, 2.05) is 24.5 Å². The van der Waals surface area contributed by atoms with E-state index in [0.29, 0.717) is 12.3 Å². The molecule has 0 aliphatic rings. The zero-order valence-corrected chi connectivity index (χ0v) is 14.1. The monoisotopic (exact) mass is 338 g/mol. The third-order valence-corrected chi connectivity index (χ3v) is 2.90. The largest absolute Gasteiger partial charge is 0.493 e. The summed E-state index contributed by atoms with van der Waals surface area (Å²) in [5.74, 6) is 0.885. The summed E-state index contributed by atoms with van der Waals surface area (Å²) in [5.41, 5.74) is 0. The van der Waals surface area contributed by atoms with Gasteiger partial charge in [-0.2, -0.15) is 4.98 Å². The van der Waals surface area contributed by atoms with Crippen molar-refractivity contribution in [2.24, 2.45) is 0 Å². The number of nitrogens with zero attached hydrogens (tertiary/aromatic N) is 3. The van der Waals surface area contributed by atoms with Gasteiger partial charge in [0, 0.05) is 25.7 Å². The van der Waals surface area contributed by atoms with E-state index in [0.717, 1.165) is 25.8 Å². The van der Waals surface area contributed by atoms with Crippen LogP contribution >= 0.6 is 0 Å². The predicted octanol–water partition coefficient (Wildman–Crippen LogP) is 0.930. The maximum absolute atomic E-state index is 11.5. The van der Waals surface area contributed by atoms with Gasteiger partial charge < -0.3 is 19.1 Å². The molecule has 24 heavy (non-hydrogen) atoms. The van der Waals surface area contributed by atoms with Gasteiger partial charge in [0.1, 0.15) is 18.9 Å². The number of hydrogen-bond acceptors (Lipinski definition) is 7. The minimum Gasteiger partial charge on any atom is -0.493 e. The van der Waals surface area contributed by atoms with Crippen molar-refractivity contribution in [3.05, 3.63) is 36.7 Å². The molecule has 0 unspecified atom stereocenters. The molecule has 132 valence electrons. The molecule has 2 aromatic heterocycles. The topological polar surface area (TPSA) is 98.6 Å². The smallest absolute Gasteiger partial charge is 0.309 e. The van der Waals surface area contributed by atoms with Gasteiger partial charge in [-0.05, 0) is 0 Å². The molecule has 2 heterocycles. The highest BCUT2D eigenvalue weighted by Gasteiger charge is 2.06. The first kappa shape index (κ1) is 19.6. The van der Waals surface area contributed by atoms with Crippen LogP contribution in [0.15, 0.2) is 35.4 Å². The lowest BCUT2D eigenvalue weighted by Crippen LogP contribution is -2.31. The molecule has 0 aliphatic heterocycles. The number of aliphatic hydroxyl groups is 1. The van der Waals surface area contributed by atoms with Crippen molar-refractivity contribution in [1.82, 2.24) is 10.1 Å². The standard InChI is InChI=1S/C15H20N3O4.CH4O/c1-2-7-18-8-3-13(4-9-18)20-11-6-15(19)21-10-5-14-16-12-17-22-14;1-2/h3-4,8-9,12H,2,5-7,10-11H2,1H3;2H,1H3/q+1;. The summed E-state index contributed by atoms with van der Waals surface area (Å²) in [6.45, 7) is 3.62. The third kappa shape index (κ3) is 7.68. The van der Waals surface area contributed by atoms with Crippen molar-refractivity contribution >= 4 is 5.97 Å². The molecule has 0 fully saturated rings. The Labute approximate surface area is 141 Å². The zero-order valence-electron chi connectivity index (χ0n) is 14.1. The van der Waals surface area contributed by atoms with E-state index in [9.17, 15) is 4.79 Å². The van der Waals surface area contributed by atoms with Gasteiger partial charge in [0.05, 0.1) is 19.4 Å². The van der Waals surface area contributed by atoms with Crippen LogP contribution in [0.2, 0.25) is 0 Å². The van der Waals surface area contributed by atoms with Crippen LogP contribution in [-0.2, 0) is 22.5 Å². The number of esters is 1. The van der Waals surface area contributed by atoms with E-state index in [-0.39, 0.29) is 25.6 Å². The van der Waals surface area contributed by atoms with Crippen LogP contribution in [0, 0.1) is 0 Å². The lowest BCUT2D eigenvalue weighted by Gasteiger charge is -2.05. The van der Waals surface area contributed by atoms with E-state index >= 15 is 0 Å². The lowest BCUT2D eigenvalue weighted by atomic mass is 10.4. The fourth-order valence-electron chi connectivity index (χ4n) is 1.83. The number of carbonyl (C=O) groups excluding carboxylic acids is 1. The Balaban J connectivity index is 0.00000139. The molecule has 2 rings (SSSR count). The fourth-order valence-corrected chi connectivity index (χ4v) is 1.83. The van der Waals surface area contributed by atoms with Crippen LogP contribution in [-0.4, -0.2) is 41.5 Å². The Kier molecular flexibility index (Phi) is 9.79. The van der Waals surface area contributed by atoms with Crippen molar-refractivity contribution in [1.29, 1.82) is 0 Å². The summed E-state index contributed by atoms with van der Waals surface area (Å²) in [6.07, 6.45) is 6.94. The van der Waals surface area contributed by atoms with Gasteiger partial charge in [0.25, 0.3) is 0 Å². The van der Waals surface area contributed by atoms with E-state index in [1.54, 1.807) is 0 Å². The Bertz CT molecular complexity index is 558. The molecule has 1 N–H and O–H groups in total. The first-order valence-corrected chi connectivity index (χ1v) is 7.75. The summed E-state index contributed by atoms with van der Waals surface area (Å²) >= 11 is 0. The van der Waals surface area contributed by atoms with Crippen LogP contribution in [0.4, 0.5) is 0 Å². The van der Waals surface area contributed by atoms with Gasteiger partial charge in [0.2, 0.25) is 5.89 Å². The van der Waals surface area contributed by atoms with Crippen LogP contribution in [0.1, 0.15) is 25.7 Å². The molecule has 2 aromatic rings. The van der Waals surface area contributed by atoms with Crippen molar-refractivity contribution in [2.75, 3.05) is 20.3 Å². The van der Waals surface area contributed by atoms with Gasteiger partial charge in [-0.3, -0.25) is 4.79 Å². The average Bonchev–Trinajstić information content (AvgIpc) is 3.12. The first-order valence-electron chi connectivity index (χ1n) is 7.75. The number of aromatic nitrogens is 3. The molecule has 0 radical (unpaired) electrons. The second kappa shape index (κ2) is 12.0. The number of aliphatic hydroxyl groups excluding tert-OH is 1. The highest BCUT2D eigenvalue weighted by atomic mass is 16.5. The Morgan fingerprint density at radius 3 is 2.67 bits per heavy atom. The van der Waals surface area contributed by atoms with E-state index in [4.69, 9.17) is 19.1 Å². The molecule has 0 amide bonds. The Hall–Kier alpha value is -2.48. The Morgan fingerprint density at radius 1 is 1.29 bits per heavy atom. The predicted molar refractivity (Wildman–Crippen MR) is 84.1 cm³/mol. The van der Waals surface area contributed by atoms with Crippen molar-refractivity contribution in [3.8, 4) is 5.75 Å². The van der Waals surface area contributed by atoms with Crippen molar-refractivity contribution in [2.45, 2.75) is 32.7 Å². The molecule has 0 aliphatic carbocycles. The normalized spacial score (nSPS) is 9.79. The molecule has 0 atom stereocenters. The molecule has 8 heteroatoms. The maximum Gasteiger partial charge on any atom is 0.309 e. The molecule has 8 nitrogen and oxygen atoms in total. The van der Waals surface area contributed by atoms with Gasteiger partial charge >= 0.3 is 5.97 Å². The average molecular weight is 338 g/mol. The summed E-state index contributed by atoms with van der Waals surface area (Å²) in [6, 6.07) is 3.77. The summed E-state index contributed by atoms with van der Waals surface area (Å²) in [4.78, 5) is 15.4. The number of rotatable bonds is 9. The molecule has 0 bridgehead atoms. The van der Waals surface area contributed by atoms with Gasteiger partial charge in [-0.25, -0.2) is 4.57 Å².